The van der Waals surface area contributed by atoms with Gasteiger partial charge in [0.05, 0.1) is 22.8 Å². The number of aromatic nitrogens is 1. The first-order valence-corrected chi connectivity index (χ1v) is 12.4. The van der Waals surface area contributed by atoms with Crippen molar-refractivity contribution >= 4 is 45.9 Å². The van der Waals surface area contributed by atoms with Crippen LogP contribution in [0.1, 0.15) is 39.5 Å². The van der Waals surface area contributed by atoms with E-state index in [0.717, 1.165) is 42.0 Å². The van der Waals surface area contributed by atoms with Crippen molar-refractivity contribution in [1.82, 2.24) is 4.98 Å². The Hall–Kier alpha value is -2.20. The van der Waals surface area contributed by atoms with Gasteiger partial charge in [0.2, 0.25) is 0 Å². The molecule has 1 saturated carbocycles. The van der Waals surface area contributed by atoms with Crippen LogP contribution in [0.25, 0.3) is 0 Å². The zero-order valence-corrected chi connectivity index (χ0v) is 19.7. The summed E-state index contributed by atoms with van der Waals surface area (Å²) in [5.41, 5.74) is 0.300. The van der Waals surface area contributed by atoms with E-state index in [9.17, 15) is 18.4 Å². The average molecular weight is 484 g/mol. The quantitative estimate of drug-likeness (QED) is 0.372. The molecule has 10 heteroatoms. The molecule has 0 unspecified atom stereocenters. The molecule has 1 aliphatic rings. The molecule has 0 aliphatic heterocycles. The van der Waals surface area contributed by atoms with Gasteiger partial charge >= 0.3 is 12.0 Å². The number of amides is 2. The number of thioether (sulfide) groups is 1. The van der Waals surface area contributed by atoms with Crippen molar-refractivity contribution in [3.05, 3.63) is 36.0 Å². The van der Waals surface area contributed by atoms with Crippen LogP contribution in [0.3, 0.4) is 0 Å². The number of rotatable bonds is 8. The summed E-state index contributed by atoms with van der Waals surface area (Å²) in [6, 6.07) is 3.03. The first-order valence-electron chi connectivity index (χ1n) is 10.6. The van der Waals surface area contributed by atoms with Crippen LogP contribution in [-0.4, -0.2) is 35.9 Å². The molecule has 3 rings (SSSR count). The van der Waals surface area contributed by atoms with Gasteiger partial charge in [-0.25, -0.2) is 18.6 Å². The van der Waals surface area contributed by atoms with E-state index >= 15 is 0 Å². The number of benzene rings is 1. The Bertz CT molecular complexity index is 933. The predicted molar refractivity (Wildman–Crippen MR) is 123 cm³/mol. The number of halogens is 2. The second-order valence-electron chi connectivity index (χ2n) is 7.84. The maximum Gasteiger partial charge on any atom is 0.328 e. The van der Waals surface area contributed by atoms with Gasteiger partial charge in [-0.2, -0.15) is 0 Å². The zero-order chi connectivity index (χ0) is 23.1. The number of carbonyl (C=O) groups is 2. The first-order chi connectivity index (χ1) is 15.4. The van der Waals surface area contributed by atoms with E-state index < -0.39 is 17.7 Å². The molecular formula is C22H27F2N3O3S2. The summed E-state index contributed by atoms with van der Waals surface area (Å²) in [4.78, 5) is 30.3. The van der Waals surface area contributed by atoms with Crippen LogP contribution >= 0.6 is 23.1 Å². The molecule has 0 atom stereocenters. The van der Waals surface area contributed by atoms with Crippen LogP contribution in [-0.2, 0) is 9.53 Å². The van der Waals surface area contributed by atoms with Crippen LogP contribution in [0.5, 0.6) is 0 Å². The van der Waals surface area contributed by atoms with Crippen LogP contribution in [0.2, 0.25) is 0 Å². The number of hydrogen-bond donors (Lipinski definition) is 1. The van der Waals surface area contributed by atoms with Crippen molar-refractivity contribution in [3.8, 4) is 0 Å². The number of nitrogens with one attached hydrogen (secondary N) is 1. The Kier molecular flexibility index (Phi) is 8.86. The highest BCUT2D eigenvalue weighted by Gasteiger charge is 2.25. The summed E-state index contributed by atoms with van der Waals surface area (Å²) in [6.45, 7) is 4.70. The standard InChI is InChI=1S/C22H27F2N3O3S2/c1-3-30-19(28)13-31-20-11-25-21(32-20)26-22(29)27(12-15-6-4-14(2)5-7-15)16-8-9-17(23)18(24)10-16/h8-11,14-15H,3-7,12-13H2,1-2H3,(H,25,26,29). The molecule has 1 aromatic carbocycles. The molecule has 1 heterocycles. The zero-order valence-electron chi connectivity index (χ0n) is 18.1. The maximum atomic E-state index is 13.9. The van der Waals surface area contributed by atoms with E-state index in [1.165, 1.54) is 34.1 Å². The monoisotopic (exact) mass is 483 g/mol. The molecular weight excluding hydrogens is 456 g/mol. The number of esters is 1. The van der Waals surface area contributed by atoms with E-state index in [1.807, 2.05) is 0 Å². The molecule has 1 aliphatic carbocycles. The number of thiazole rings is 1. The van der Waals surface area contributed by atoms with Crippen molar-refractivity contribution in [2.24, 2.45) is 11.8 Å². The fourth-order valence-corrected chi connectivity index (χ4v) is 5.26. The lowest BCUT2D eigenvalue weighted by Crippen LogP contribution is -2.39. The van der Waals surface area contributed by atoms with Gasteiger partial charge in [0.1, 0.15) is 0 Å². The van der Waals surface area contributed by atoms with Crippen molar-refractivity contribution in [3.63, 3.8) is 0 Å². The van der Waals surface area contributed by atoms with E-state index in [-0.39, 0.29) is 17.6 Å². The number of nitrogens with zero attached hydrogens (tertiary/aromatic N) is 2. The van der Waals surface area contributed by atoms with Crippen molar-refractivity contribution in [2.45, 2.75) is 43.7 Å². The minimum Gasteiger partial charge on any atom is -0.465 e. The predicted octanol–water partition coefficient (Wildman–Crippen LogP) is 5.94. The second-order valence-corrected chi connectivity index (χ2v) is 10.1. The molecule has 2 amide bonds. The highest BCUT2D eigenvalue weighted by Crippen LogP contribution is 2.32. The van der Waals surface area contributed by atoms with Gasteiger partial charge in [0.15, 0.2) is 16.8 Å². The van der Waals surface area contributed by atoms with Gasteiger partial charge in [-0.1, -0.05) is 31.1 Å². The highest BCUT2D eigenvalue weighted by molar-refractivity contribution is 8.01. The van der Waals surface area contributed by atoms with Crippen LogP contribution in [0, 0.1) is 23.5 Å². The Morgan fingerprint density at radius 3 is 2.69 bits per heavy atom. The largest absolute Gasteiger partial charge is 0.465 e. The SMILES string of the molecule is CCOC(=O)CSc1cnc(NC(=O)N(CC2CCC(C)CC2)c2ccc(F)c(F)c2)s1. The fourth-order valence-electron chi connectivity index (χ4n) is 3.60. The summed E-state index contributed by atoms with van der Waals surface area (Å²) in [5, 5.41) is 3.12. The molecule has 0 radical (unpaired) electrons. The average Bonchev–Trinajstić information content (AvgIpc) is 3.21. The summed E-state index contributed by atoms with van der Waals surface area (Å²) in [7, 11) is 0. The maximum absolute atomic E-state index is 13.9. The van der Waals surface area contributed by atoms with Crippen molar-refractivity contribution in [2.75, 3.05) is 29.1 Å². The normalized spacial score (nSPS) is 18.2. The Labute approximate surface area is 194 Å². The Balaban J connectivity index is 1.69. The summed E-state index contributed by atoms with van der Waals surface area (Å²) in [5.74, 6) is -1.16. The molecule has 1 N–H and O–H groups in total. The van der Waals surface area contributed by atoms with Gasteiger partial charge in [0.25, 0.3) is 0 Å². The Morgan fingerprint density at radius 2 is 2.00 bits per heavy atom. The molecule has 174 valence electrons. The smallest absolute Gasteiger partial charge is 0.328 e. The molecule has 0 spiro atoms. The number of hydrogen-bond acceptors (Lipinski definition) is 6. The van der Waals surface area contributed by atoms with Crippen molar-refractivity contribution < 1.29 is 23.1 Å². The van der Waals surface area contributed by atoms with Gasteiger partial charge in [-0.3, -0.25) is 15.0 Å². The van der Waals surface area contributed by atoms with E-state index in [1.54, 1.807) is 13.1 Å². The number of carbonyl (C=O) groups excluding carboxylic acids is 2. The minimum absolute atomic E-state index is 0.157. The summed E-state index contributed by atoms with van der Waals surface area (Å²) < 4.78 is 33.0. The third-order valence-electron chi connectivity index (χ3n) is 5.37. The van der Waals surface area contributed by atoms with E-state index in [2.05, 4.69) is 17.2 Å². The molecule has 1 fully saturated rings. The highest BCUT2D eigenvalue weighted by atomic mass is 32.2. The lowest BCUT2D eigenvalue weighted by Gasteiger charge is -2.31. The van der Waals surface area contributed by atoms with E-state index in [4.69, 9.17) is 4.74 Å². The van der Waals surface area contributed by atoms with Crippen LogP contribution < -0.4 is 10.2 Å². The third kappa shape index (κ3) is 6.90. The summed E-state index contributed by atoms with van der Waals surface area (Å²) in [6.07, 6.45) is 5.73. The number of urea groups is 1. The van der Waals surface area contributed by atoms with Gasteiger partial charge < -0.3 is 4.74 Å². The first kappa shape index (κ1) is 24.4. The van der Waals surface area contributed by atoms with Crippen LogP contribution in [0.4, 0.5) is 24.4 Å². The molecule has 6 nitrogen and oxygen atoms in total. The molecule has 1 aromatic heterocycles. The third-order valence-corrected chi connectivity index (χ3v) is 7.45. The lowest BCUT2D eigenvalue weighted by atomic mass is 9.83. The van der Waals surface area contributed by atoms with E-state index in [0.29, 0.717) is 29.9 Å². The topological polar surface area (TPSA) is 71.5 Å². The minimum atomic E-state index is -0.996. The van der Waals surface area contributed by atoms with Gasteiger partial charge in [-0.05, 0) is 43.7 Å². The van der Waals surface area contributed by atoms with Gasteiger partial charge in [-0.15, -0.1) is 11.8 Å². The Morgan fingerprint density at radius 1 is 1.25 bits per heavy atom. The molecule has 2 aromatic rings. The fraction of sp³-hybridized carbons (Fsp3) is 0.500. The number of anilines is 2. The number of ether oxygens (including phenoxy) is 1. The van der Waals surface area contributed by atoms with Crippen LogP contribution in [0.15, 0.2) is 28.6 Å². The lowest BCUT2D eigenvalue weighted by molar-refractivity contribution is -0.139. The summed E-state index contributed by atoms with van der Waals surface area (Å²) >= 11 is 2.52. The van der Waals surface area contributed by atoms with Crippen molar-refractivity contribution in [1.29, 1.82) is 0 Å². The molecule has 0 bridgehead atoms. The molecule has 0 saturated heterocycles. The molecule has 32 heavy (non-hydrogen) atoms. The second kappa shape index (κ2) is 11.6. The van der Waals surface area contributed by atoms with Gasteiger partial charge in [0, 0.05) is 18.3 Å².